The molecule has 1 rings (SSSR count). The van der Waals surface area contributed by atoms with Crippen LogP contribution in [0.1, 0.15) is 12.8 Å². The number of carboxylic acid groups (broad SMARTS) is 2. The van der Waals surface area contributed by atoms with Crippen molar-refractivity contribution in [1.82, 2.24) is 4.90 Å². The fourth-order valence-electron chi connectivity index (χ4n) is 1.56. The lowest BCUT2D eigenvalue weighted by atomic mass is 10.1. The van der Waals surface area contributed by atoms with Gasteiger partial charge < -0.3 is 20.2 Å². The van der Waals surface area contributed by atoms with E-state index in [1.807, 2.05) is 0 Å². The lowest BCUT2D eigenvalue weighted by Crippen LogP contribution is -2.31. The van der Waals surface area contributed by atoms with Gasteiger partial charge in [0.2, 0.25) is 5.91 Å². The molecular formula is C9H13NO6. The van der Waals surface area contributed by atoms with Gasteiger partial charge >= 0.3 is 11.9 Å². The minimum Gasteiger partial charge on any atom is -0.481 e. The van der Waals surface area contributed by atoms with Crippen LogP contribution in [0.3, 0.4) is 0 Å². The molecule has 0 aromatic rings. The number of aliphatic hydroxyl groups excluding tert-OH is 1. The SMILES string of the molecule is O=C(O)C1CC(=O)N(CC[C@H](O)C(=O)O)C1. The van der Waals surface area contributed by atoms with Gasteiger partial charge in [0.25, 0.3) is 0 Å². The van der Waals surface area contributed by atoms with Gasteiger partial charge in [0.05, 0.1) is 5.92 Å². The summed E-state index contributed by atoms with van der Waals surface area (Å²) in [7, 11) is 0. The van der Waals surface area contributed by atoms with Crippen LogP contribution in [0.25, 0.3) is 0 Å². The molecule has 7 heteroatoms. The number of carbonyl (C=O) groups excluding carboxylic acids is 1. The second-order valence-corrected chi connectivity index (χ2v) is 3.72. The summed E-state index contributed by atoms with van der Waals surface area (Å²) in [5.41, 5.74) is 0. The van der Waals surface area contributed by atoms with Crippen LogP contribution in [0.5, 0.6) is 0 Å². The summed E-state index contributed by atoms with van der Waals surface area (Å²) in [6.45, 7) is 0.149. The third-order valence-electron chi connectivity index (χ3n) is 2.52. The van der Waals surface area contributed by atoms with E-state index >= 15 is 0 Å². The fraction of sp³-hybridized carbons (Fsp3) is 0.667. The van der Waals surface area contributed by atoms with Crippen LogP contribution in [0.15, 0.2) is 0 Å². The van der Waals surface area contributed by atoms with Crippen molar-refractivity contribution in [3.63, 3.8) is 0 Å². The summed E-state index contributed by atoms with van der Waals surface area (Å²) < 4.78 is 0. The summed E-state index contributed by atoms with van der Waals surface area (Å²) in [5.74, 6) is -3.42. The van der Waals surface area contributed by atoms with Gasteiger partial charge in [-0.1, -0.05) is 0 Å². The standard InChI is InChI=1S/C9H13NO6/c11-6(9(15)16)1-2-10-4-5(8(13)14)3-7(10)12/h5-6,11H,1-4H2,(H,13,14)(H,15,16)/t5?,6-/m0/s1. The van der Waals surface area contributed by atoms with E-state index in [0.29, 0.717) is 0 Å². The molecule has 16 heavy (non-hydrogen) atoms. The maximum atomic E-state index is 11.3. The molecule has 2 atom stereocenters. The maximum Gasteiger partial charge on any atom is 0.332 e. The van der Waals surface area contributed by atoms with Crippen LogP contribution in [-0.2, 0) is 14.4 Å². The second kappa shape index (κ2) is 4.93. The Morgan fingerprint density at radius 1 is 1.44 bits per heavy atom. The Bertz CT molecular complexity index is 315. The maximum absolute atomic E-state index is 11.3. The Labute approximate surface area is 91.3 Å². The molecule has 1 fully saturated rings. The number of likely N-dealkylation sites (tertiary alicyclic amines) is 1. The van der Waals surface area contributed by atoms with Gasteiger partial charge in [-0.15, -0.1) is 0 Å². The number of carbonyl (C=O) groups is 3. The zero-order valence-corrected chi connectivity index (χ0v) is 8.50. The molecule has 0 aromatic heterocycles. The van der Waals surface area contributed by atoms with E-state index in [4.69, 9.17) is 15.3 Å². The number of rotatable bonds is 5. The van der Waals surface area contributed by atoms with Crippen molar-refractivity contribution < 1.29 is 29.7 Å². The molecule has 3 N–H and O–H groups in total. The van der Waals surface area contributed by atoms with Crippen molar-refractivity contribution in [1.29, 1.82) is 0 Å². The van der Waals surface area contributed by atoms with Crippen molar-refractivity contribution in [2.75, 3.05) is 13.1 Å². The highest BCUT2D eigenvalue weighted by atomic mass is 16.4. The van der Waals surface area contributed by atoms with Crippen molar-refractivity contribution in [2.24, 2.45) is 5.92 Å². The van der Waals surface area contributed by atoms with E-state index in [2.05, 4.69) is 0 Å². The number of amides is 1. The molecular weight excluding hydrogens is 218 g/mol. The summed E-state index contributed by atoms with van der Waals surface area (Å²) in [6.07, 6.45) is -1.66. The van der Waals surface area contributed by atoms with E-state index in [9.17, 15) is 14.4 Å². The summed E-state index contributed by atoms with van der Waals surface area (Å²) in [4.78, 5) is 33.5. The van der Waals surface area contributed by atoms with Gasteiger partial charge in [-0.3, -0.25) is 9.59 Å². The lowest BCUT2D eigenvalue weighted by molar-refractivity contribution is -0.147. The molecule has 1 heterocycles. The zero-order valence-electron chi connectivity index (χ0n) is 8.50. The molecule has 1 unspecified atom stereocenters. The number of aliphatic hydroxyl groups is 1. The van der Waals surface area contributed by atoms with Gasteiger partial charge in [0.1, 0.15) is 0 Å². The third kappa shape index (κ3) is 2.93. The molecule has 0 bridgehead atoms. The quantitative estimate of drug-likeness (QED) is 0.544. The van der Waals surface area contributed by atoms with E-state index < -0.39 is 24.0 Å². The molecule has 0 saturated carbocycles. The number of aliphatic carboxylic acids is 2. The Kier molecular flexibility index (Phi) is 3.83. The lowest BCUT2D eigenvalue weighted by Gasteiger charge is -2.16. The molecule has 1 aliphatic rings. The highest BCUT2D eigenvalue weighted by Gasteiger charge is 2.34. The molecule has 0 aliphatic carbocycles. The zero-order chi connectivity index (χ0) is 12.3. The van der Waals surface area contributed by atoms with E-state index in [0.717, 1.165) is 0 Å². The molecule has 1 aliphatic heterocycles. The highest BCUT2D eigenvalue weighted by molar-refractivity contribution is 5.86. The molecule has 1 saturated heterocycles. The second-order valence-electron chi connectivity index (χ2n) is 3.72. The Hall–Kier alpha value is -1.63. The van der Waals surface area contributed by atoms with Crippen molar-refractivity contribution in [2.45, 2.75) is 18.9 Å². The largest absolute Gasteiger partial charge is 0.481 e. The summed E-state index contributed by atoms with van der Waals surface area (Å²) >= 11 is 0. The molecule has 90 valence electrons. The topological polar surface area (TPSA) is 115 Å². The monoisotopic (exact) mass is 231 g/mol. The normalized spacial score (nSPS) is 22.2. The third-order valence-corrected chi connectivity index (χ3v) is 2.52. The molecule has 0 radical (unpaired) electrons. The Morgan fingerprint density at radius 3 is 2.50 bits per heavy atom. The summed E-state index contributed by atoms with van der Waals surface area (Å²) in [6, 6.07) is 0. The van der Waals surface area contributed by atoms with Crippen LogP contribution in [0.4, 0.5) is 0 Å². The highest BCUT2D eigenvalue weighted by Crippen LogP contribution is 2.18. The van der Waals surface area contributed by atoms with Crippen molar-refractivity contribution in [3.05, 3.63) is 0 Å². The van der Waals surface area contributed by atoms with Gasteiger partial charge in [0.15, 0.2) is 6.10 Å². The number of carboxylic acids is 2. The van der Waals surface area contributed by atoms with Crippen molar-refractivity contribution >= 4 is 17.8 Å². The molecule has 0 spiro atoms. The molecule has 7 nitrogen and oxygen atoms in total. The fourth-order valence-corrected chi connectivity index (χ4v) is 1.56. The Balaban J connectivity index is 2.42. The average molecular weight is 231 g/mol. The molecule has 0 aromatic carbocycles. The van der Waals surface area contributed by atoms with Crippen LogP contribution in [-0.4, -0.2) is 57.3 Å². The van der Waals surface area contributed by atoms with E-state index in [1.165, 1.54) is 4.90 Å². The minimum absolute atomic E-state index is 0.0570. The van der Waals surface area contributed by atoms with Crippen LogP contribution in [0, 0.1) is 5.92 Å². The summed E-state index contributed by atoms with van der Waals surface area (Å²) in [5, 5.41) is 26.1. The number of nitrogens with zero attached hydrogens (tertiary/aromatic N) is 1. The average Bonchev–Trinajstić information content (AvgIpc) is 2.56. The Morgan fingerprint density at radius 2 is 2.06 bits per heavy atom. The van der Waals surface area contributed by atoms with Gasteiger partial charge in [0, 0.05) is 25.9 Å². The minimum atomic E-state index is -1.52. The predicted molar refractivity (Wildman–Crippen MR) is 50.6 cm³/mol. The predicted octanol–water partition coefficient (Wildman–Crippen LogP) is -1.24. The van der Waals surface area contributed by atoms with Crippen LogP contribution in [0.2, 0.25) is 0 Å². The first-order chi connectivity index (χ1) is 7.41. The van der Waals surface area contributed by atoms with Crippen molar-refractivity contribution in [3.8, 4) is 0 Å². The first kappa shape index (κ1) is 12.4. The van der Waals surface area contributed by atoms with Gasteiger partial charge in [-0.2, -0.15) is 0 Å². The number of hydrogen-bond donors (Lipinski definition) is 3. The van der Waals surface area contributed by atoms with Crippen LogP contribution < -0.4 is 0 Å². The van der Waals surface area contributed by atoms with E-state index in [-0.39, 0.29) is 31.8 Å². The number of hydrogen-bond acceptors (Lipinski definition) is 4. The molecule has 1 amide bonds. The van der Waals surface area contributed by atoms with E-state index in [1.54, 1.807) is 0 Å². The van der Waals surface area contributed by atoms with Gasteiger partial charge in [-0.25, -0.2) is 4.79 Å². The first-order valence-corrected chi connectivity index (χ1v) is 4.83. The van der Waals surface area contributed by atoms with Gasteiger partial charge in [-0.05, 0) is 0 Å². The first-order valence-electron chi connectivity index (χ1n) is 4.83. The smallest absolute Gasteiger partial charge is 0.332 e. The van der Waals surface area contributed by atoms with Crippen LogP contribution >= 0.6 is 0 Å².